The van der Waals surface area contributed by atoms with Crippen LogP contribution in [0.2, 0.25) is 0 Å². The molecular weight excluding hydrogens is 302 g/mol. The van der Waals surface area contributed by atoms with E-state index in [2.05, 4.69) is 15.5 Å². The SMILES string of the molecule is O=C(N[C@H]1COC2(CCCCC2)C1)c1ccc(-c2ccn[nH]2)cc1. The minimum atomic E-state index is -0.0207. The van der Waals surface area contributed by atoms with E-state index in [0.717, 1.165) is 30.5 Å². The first-order valence-corrected chi connectivity index (χ1v) is 8.79. The molecule has 5 nitrogen and oxygen atoms in total. The number of hydrogen-bond acceptors (Lipinski definition) is 3. The second-order valence-corrected chi connectivity index (χ2v) is 6.98. The van der Waals surface area contributed by atoms with Gasteiger partial charge in [0, 0.05) is 11.8 Å². The van der Waals surface area contributed by atoms with Gasteiger partial charge in [0.05, 0.1) is 23.9 Å². The Morgan fingerprint density at radius 1 is 1.17 bits per heavy atom. The van der Waals surface area contributed by atoms with E-state index in [1.54, 1.807) is 6.20 Å². The summed E-state index contributed by atoms with van der Waals surface area (Å²) in [7, 11) is 0. The monoisotopic (exact) mass is 325 g/mol. The van der Waals surface area contributed by atoms with Crippen LogP contribution in [0.25, 0.3) is 11.3 Å². The first-order valence-electron chi connectivity index (χ1n) is 8.79. The van der Waals surface area contributed by atoms with Gasteiger partial charge in [-0.15, -0.1) is 0 Å². The van der Waals surface area contributed by atoms with E-state index in [1.165, 1.54) is 19.3 Å². The Bertz CT molecular complexity index is 688. The molecule has 2 aliphatic rings. The van der Waals surface area contributed by atoms with Gasteiger partial charge in [0.15, 0.2) is 0 Å². The smallest absolute Gasteiger partial charge is 0.251 e. The van der Waals surface area contributed by atoms with Gasteiger partial charge in [-0.2, -0.15) is 5.10 Å². The zero-order valence-electron chi connectivity index (χ0n) is 13.8. The van der Waals surface area contributed by atoms with Crippen molar-refractivity contribution < 1.29 is 9.53 Å². The van der Waals surface area contributed by atoms with Crippen LogP contribution < -0.4 is 5.32 Å². The van der Waals surface area contributed by atoms with E-state index < -0.39 is 0 Å². The molecule has 2 heterocycles. The Balaban J connectivity index is 1.38. The Kier molecular flexibility index (Phi) is 4.10. The van der Waals surface area contributed by atoms with Crippen molar-refractivity contribution in [1.29, 1.82) is 0 Å². The summed E-state index contributed by atoms with van der Waals surface area (Å²) in [6.07, 6.45) is 8.74. The molecule has 0 radical (unpaired) electrons. The highest BCUT2D eigenvalue weighted by molar-refractivity contribution is 5.94. The number of ether oxygens (including phenoxy) is 1. The fourth-order valence-electron chi connectivity index (χ4n) is 3.97. The summed E-state index contributed by atoms with van der Waals surface area (Å²) in [5.74, 6) is -0.0207. The van der Waals surface area contributed by atoms with Gasteiger partial charge in [-0.3, -0.25) is 9.89 Å². The molecule has 5 heteroatoms. The third-order valence-electron chi connectivity index (χ3n) is 5.27. The summed E-state index contributed by atoms with van der Waals surface area (Å²) >= 11 is 0. The largest absolute Gasteiger partial charge is 0.373 e. The van der Waals surface area contributed by atoms with E-state index in [0.29, 0.717) is 12.2 Å². The molecule has 1 saturated carbocycles. The van der Waals surface area contributed by atoms with Gasteiger partial charge < -0.3 is 10.1 Å². The van der Waals surface area contributed by atoms with Crippen LogP contribution in [-0.4, -0.2) is 34.4 Å². The maximum atomic E-state index is 12.5. The van der Waals surface area contributed by atoms with E-state index in [1.807, 2.05) is 30.3 Å². The lowest BCUT2D eigenvalue weighted by Crippen LogP contribution is -2.37. The van der Waals surface area contributed by atoms with Gasteiger partial charge in [-0.1, -0.05) is 31.4 Å². The minimum Gasteiger partial charge on any atom is -0.373 e. The number of hydrogen-bond donors (Lipinski definition) is 2. The van der Waals surface area contributed by atoms with Crippen LogP contribution in [-0.2, 0) is 4.74 Å². The van der Waals surface area contributed by atoms with Crippen molar-refractivity contribution in [3.05, 3.63) is 42.1 Å². The van der Waals surface area contributed by atoms with Crippen LogP contribution in [0.1, 0.15) is 48.9 Å². The van der Waals surface area contributed by atoms with Crippen molar-refractivity contribution in [1.82, 2.24) is 15.5 Å². The van der Waals surface area contributed by atoms with Crippen molar-refractivity contribution in [2.75, 3.05) is 6.61 Å². The zero-order valence-corrected chi connectivity index (χ0v) is 13.8. The first-order chi connectivity index (χ1) is 11.7. The molecule has 126 valence electrons. The Morgan fingerprint density at radius 3 is 2.67 bits per heavy atom. The fraction of sp³-hybridized carbons (Fsp3) is 0.474. The molecule has 1 spiro atoms. The maximum Gasteiger partial charge on any atom is 0.251 e. The molecule has 0 unspecified atom stereocenters. The predicted octanol–water partition coefficient (Wildman–Crippen LogP) is 3.30. The van der Waals surface area contributed by atoms with E-state index in [4.69, 9.17) is 4.74 Å². The molecule has 4 rings (SSSR count). The molecule has 0 bridgehead atoms. The van der Waals surface area contributed by atoms with Crippen molar-refractivity contribution in [2.45, 2.75) is 50.2 Å². The highest BCUT2D eigenvalue weighted by Crippen LogP contribution is 2.39. The number of rotatable bonds is 3. The van der Waals surface area contributed by atoms with Crippen molar-refractivity contribution in [2.24, 2.45) is 0 Å². The van der Waals surface area contributed by atoms with Gasteiger partial charge in [-0.25, -0.2) is 0 Å². The summed E-state index contributed by atoms with van der Waals surface area (Å²) in [5, 5.41) is 10.0. The molecule has 1 amide bonds. The maximum absolute atomic E-state index is 12.5. The number of nitrogens with zero attached hydrogens (tertiary/aromatic N) is 1. The molecule has 2 aromatic rings. The van der Waals surface area contributed by atoms with Gasteiger partial charge in [0.2, 0.25) is 0 Å². The fourth-order valence-corrected chi connectivity index (χ4v) is 3.97. The predicted molar refractivity (Wildman–Crippen MR) is 91.7 cm³/mol. The average molecular weight is 325 g/mol. The number of benzene rings is 1. The summed E-state index contributed by atoms with van der Waals surface area (Å²) < 4.78 is 6.07. The molecule has 1 aliphatic carbocycles. The summed E-state index contributed by atoms with van der Waals surface area (Å²) in [5.41, 5.74) is 2.68. The van der Waals surface area contributed by atoms with E-state index >= 15 is 0 Å². The molecule has 2 N–H and O–H groups in total. The lowest BCUT2D eigenvalue weighted by molar-refractivity contribution is -0.0246. The molecule has 1 aliphatic heterocycles. The second-order valence-electron chi connectivity index (χ2n) is 6.98. The lowest BCUT2D eigenvalue weighted by Gasteiger charge is -2.32. The number of aromatic nitrogens is 2. The molecule has 1 saturated heterocycles. The van der Waals surface area contributed by atoms with Crippen LogP contribution in [0.3, 0.4) is 0 Å². The summed E-state index contributed by atoms with van der Waals surface area (Å²) in [4.78, 5) is 12.5. The van der Waals surface area contributed by atoms with Gasteiger partial charge in [0.25, 0.3) is 5.91 Å². The van der Waals surface area contributed by atoms with Crippen molar-refractivity contribution in [3.8, 4) is 11.3 Å². The lowest BCUT2D eigenvalue weighted by atomic mass is 9.82. The second kappa shape index (κ2) is 6.40. The Hall–Kier alpha value is -2.14. The average Bonchev–Trinajstić information content (AvgIpc) is 3.27. The van der Waals surface area contributed by atoms with Crippen molar-refractivity contribution >= 4 is 5.91 Å². The highest BCUT2D eigenvalue weighted by Gasteiger charge is 2.41. The minimum absolute atomic E-state index is 0.0207. The molecule has 1 aromatic heterocycles. The van der Waals surface area contributed by atoms with Crippen LogP contribution in [0.15, 0.2) is 36.5 Å². The van der Waals surface area contributed by atoms with Crippen LogP contribution in [0.5, 0.6) is 0 Å². The van der Waals surface area contributed by atoms with Gasteiger partial charge >= 0.3 is 0 Å². The normalized spacial score (nSPS) is 22.6. The van der Waals surface area contributed by atoms with Crippen molar-refractivity contribution in [3.63, 3.8) is 0 Å². The molecule has 24 heavy (non-hydrogen) atoms. The van der Waals surface area contributed by atoms with Crippen LogP contribution >= 0.6 is 0 Å². The van der Waals surface area contributed by atoms with Gasteiger partial charge in [0.1, 0.15) is 0 Å². The Morgan fingerprint density at radius 2 is 1.96 bits per heavy atom. The number of amides is 1. The van der Waals surface area contributed by atoms with Crippen LogP contribution in [0.4, 0.5) is 0 Å². The molecule has 1 atom stereocenters. The van der Waals surface area contributed by atoms with E-state index in [-0.39, 0.29) is 17.6 Å². The molecule has 1 aromatic carbocycles. The summed E-state index contributed by atoms with van der Waals surface area (Å²) in [6, 6.07) is 9.64. The number of aromatic amines is 1. The Labute approximate surface area is 141 Å². The molecule has 2 fully saturated rings. The number of nitrogens with one attached hydrogen (secondary N) is 2. The standard InChI is InChI=1S/C19H23N3O2/c23-18(15-6-4-14(5-7-15)17-8-11-20-22-17)21-16-12-19(24-13-16)9-2-1-3-10-19/h4-8,11,16H,1-3,9-10,12-13H2,(H,20,22)(H,21,23)/t16-/m1/s1. The zero-order chi connectivity index (χ0) is 16.4. The third kappa shape index (κ3) is 3.08. The number of carbonyl (C=O) groups is 1. The van der Waals surface area contributed by atoms with Gasteiger partial charge in [-0.05, 0) is 43.0 Å². The summed E-state index contributed by atoms with van der Waals surface area (Å²) in [6.45, 7) is 0.637. The quantitative estimate of drug-likeness (QED) is 0.910. The topological polar surface area (TPSA) is 67.0 Å². The highest BCUT2D eigenvalue weighted by atomic mass is 16.5. The van der Waals surface area contributed by atoms with Crippen LogP contribution in [0, 0.1) is 0 Å². The number of H-pyrrole nitrogens is 1. The number of carbonyl (C=O) groups excluding carboxylic acids is 1. The molecular formula is C19H23N3O2. The van der Waals surface area contributed by atoms with E-state index in [9.17, 15) is 4.79 Å². The third-order valence-corrected chi connectivity index (χ3v) is 5.27. The first kappa shape index (κ1) is 15.4.